The minimum atomic E-state index is -0.0144. The lowest BCUT2D eigenvalue weighted by molar-refractivity contribution is -0.119. The lowest BCUT2D eigenvalue weighted by atomic mass is 9.78. The first-order chi connectivity index (χ1) is 8.45. The Morgan fingerprint density at radius 1 is 1.50 bits per heavy atom. The molecule has 1 aliphatic rings. The van der Waals surface area contributed by atoms with E-state index in [2.05, 4.69) is 45.1 Å². The van der Waals surface area contributed by atoms with E-state index < -0.39 is 0 Å². The van der Waals surface area contributed by atoms with Crippen LogP contribution in [0.2, 0.25) is 0 Å². The van der Waals surface area contributed by atoms with Gasteiger partial charge in [0.05, 0.1) is 0 Å². The number of hydrogen-bond donors (Lipinski definition) is 1. The highest BCUT2D eigenvalue weighted by atomic mass is 32.1. The fourth-order valence-electron chi connectivity index (χ4n) is 2.79. The molecule has 1 fully saturated rings. The summed E-state index contributed by atoms with van der Waals surface area (Å²) in [6, 6.07) is 4.71. The Kier molecular flexibility index (Phi) is 3.81. The van der Waals surface area contributed by atoms with Gasteiger partial charge in [0.2, 0.25) is 5.91 Å². The van der Waals surface area contributed by atoms with E-state index >= 15 is 0 Å². The van der Waals surface area contributed by atoms with Crippen molar-refractivity contribution >= 4 is 17.2 Å². The van der Waals surface area contributed by atoms with Crippen molar-refractivity contribution in [2.45, 2.75) is 58.4 Å². The number of amides is 1. The molecule has 0 spiro atoms. The highest BCUT2D eigenvalue weighted by Crippen LogP contribution is 2.41. The maximum absolute atomic E-state index is 11.8. The van der Waals surface area contributed by atoms with Crippen molar-refractivity contribution in [3.8, 4) is 0 Å². The van der Waals surface area contributed by atoms with Crippen molar-refractivity contribution in [3.63, 3.8) is 0 Å². The second-order valence-corrected chi connectivity index (χ2v) is 7.13. The van der Waals surface area contributed by atoms with Crippen molar-refractivity contribution < 1.29 is 4.79 Å². The van der Waals surface area contributed by atoms with Gasteiger partial charge in [-0.25, -0.2) is 0 Å². The van der Waals surface area contributed by atoms with E-state index in [0.29, 0.717) is 12.3 Å². The van der Waals surface area contributed by atoms with E-state index in [4.69, 9.17) is 0 Å². The minimum absolute atomic E-state index is 0.0144. The van der Waals surface area contributed by atoms with Crippen LogP contribution >= 0.6 is 11.3 Å². The first kappa shape index (κ1) is 13.6. The molecule has 2 nitrogen and oxygen atoms in total. The molecule has 2 rings (SSSR count). The molecule has 0 radical (unpaired) electrons. The van der Waals surface area contributed by atoms with E-state index in [1.54, 1.807) is 0 Å². The zero-order chi connectivity index (χ0) is 13.3. The van der Waals surface area contributed by atoms with Gasteiger partial charge in [-0.15, -0.1) is 11.3 Å². The summed E-state index contributed by atoms with van der Waals surface area (Å²) < 4.78 is 0. The maximum atomic E-state index is 11.8. The van der Waals surface area contributed by atoms with Crippen LogP contribution in [-0.4, -0.2) is 11.9 Å². The van der Waals surface area contributed by atoms with Gasteiger partial charge in [-0.05, 0) is 30.9 Å². The molecule has 0 aliphatic carbocycles. The number of carbonyl (C=O) groups excluding carboxylic acids is 1. The summed E-state index contributed by atoms with van der Waals surface area (Å²) in [4.78, 5) is 14.6. The maximum Gasteiger partial charge on any atom is 0.221 e. The minimum Gasteiger partial charge on any atom is -0.352 e. The van der Waals surface area contributed by atoms with Crippen LogP contribution in [0.1, 0.15) is 50.3 Å². The van der Waals surface area contributed by atoms with Crippen molar-refractivity contribution in [1.82, 2.24) is 5.32 Å². The topological polar surface area (TPSA) is 29.1 Å². The Morgan fingerprint density at radius 2 is 2.22 bits per heavy atom. The third kappa shape index (κ3) is 2.46. The number of aryl methyl sites for hydroxylation is 1. The Labute approximate surface area is 114 Å². The third-order valence-corrected chi connectivity index (χ3v) is 5.42. The fourth-order valence-corrected chi connectivity index (χ4v) is 3.93. The number of carbonyl (C=O) groups is 1. The van der Waals surface area contributed by atoms with Gasteiger partial charge in [0.15, 0.2) is 0 Å². The zero-order valence-corrected chi connectivity index (χ0v) is 12.6. The van der Waals surface area contributed by atoms with Gasteiger partial charge in [0.1, 0.15) is 0 Å². The Balaban J connectivity index is 2.28. The first-order valence-electron chi connectivity index (χ1n) is 6.84. The van der Waals surface area contributed by atoms with Crippen LogP contribution < -0.4 is 5.32 Å². The molecule has 100 valence electrons. The monoisotopic (exact) mass is 265 g/mol. The summed E-state index contributed by atoms with van der Waals surface area (Å²) in [5.41, 5.74) is -0.0144. The van der Waals surface area contributed by atoms with Crippen LogP contribution in [0.5, 0.6) is 0 Å². The van der Waals surface area contributed by atoms with Crippen molar-refractivity contribution in [1.29, 1.82) is 0 Å². The summed E-state index contributed by atoms with van der Waals surface area (Å²) in [6.45, 7) is 8.86. The zero-order valence-electron chi connectivity index (χ0n) is 11.7. The summed E-state index contributed by atoms with van der Waals surface area (Å²) >= 11 is 1.87. The van der Waals surface area contributed by atoms with Crippen LogP contribution in [0.15, 0.2) is 12.1 Å². The van der Waals surface area contributed by atoms with E-state index in [9.17, 15) is 4.79 Å². The lowest BCUT2D eigenvalue weighted by Crippen LogP contribution is -2.38. The predicted molar refractivity (Wildman–Crippen MR) is 77.1 cm³/mol. The first-order valence-corrected chi connectivity index (χ1v) is 7.66. The van der Waals surface area contributed by atoms with Crippen LogP contribution in [0, 0.1) is 5.92 Å². The number of thiophene rings is 1. The summed E-state index contributed by atoms with van der Waals surface area (Å²) in [5, 5.41) is 3.17. The fraction of sp³-hybridized carbons (Fsp3) is 0.667. The molecule has 2 heterocycles. The number of nitrogens with one attached hydrogen (secondary N) is 1. The second-order valence-electron chi connectivity index (χ2n) is 5.96. The van der Waals surface area contributed by atoms with Gasteiger partial charge in [-0.3, -0.25) is 4.79 Å². The van der Waals surface area contributed by atoms with Crippen LogP contribution in [0.4, 0.5) is 0 Å². The highest BCUT2D eigenvalue weighted by Gasteiger charge is 2.45. The van der Waals surface area contributed by atoms with E-state index in [1.807, 2.05) is 11.3 Å². The van der Waals surface area contributed by atoms with Gasteiger partial charge >= 0.3 is 0 Å². The Hall–Kier alpha value is -0.830. The average molecular weight is 265 g/mol. The Bertz CT molecular complexity index is 437. The molecule has 18 heavy (non-hydrogen) atoms. The van der Waals surface area contributed by atoms with Crippen molar-refractivity contribution in [2.75, 3.05) is 0 Å². The second kappa shape index (κ2) is 5.04. The molecular weight excluding hydrogens is 242 g/mol. The number of hydrogen-bond acceptors (Lipinski definition) is 2. The van der Waals surface area contributed by atoms with Gasteiger partial charge < -0.3 is 5.32 Å². The predicted octanol–water partition coefficient (Wildman–Crippen LogP) is 3.50. The van der Waals surface area contributed by atoms with Gasteiger partial charge in [0, 0.05) is 27.6 Å². The van der Waals surface area contributed by atoms with Crippen molar-refractivity contribution in [3.05, 3.63) is 21.9 Å². The van der Waals surface area contributed by atoms with Gasteiger partial charge in [0.25, 0.3) is 0 Å². The van der Waals surface area contributed by atoms with Gasteiger partial charge in [-0.2, -0.15) is 0 Å². The van der Waals surface area contributed by atoms with Crippen LogP contribution in [-0.2, 0) is 16.6 Å². The SMILES string of the molecule is CCc1ccc(C2(C)CC(=O)NC2CC(C)C)s1. The molecule has 0 saturated carbocycles. The van der Waals surface area contributed by atoms with Crippen LogP contribution in [0.25, 0.3) is 0 Å². The molecule has 1 amide bonds. The molecule has 0 aromatic carbocycles. The van der Waals surface area contributed by atoms with E-state index in [-0.39, 0.29) is 17.4 Å². The molecule has 3 heteroatoms. The molecule has 0 bridgehead atoms. The lowest BCUT2D eigenvalue weighted by Gasteiger charge is -2.30. The molecule has 1 N–H and O–H groups in total. The summed E-state index contributed by atoms with van der Waals surface area (Å²) in [6.07, 6.45) is 2.77. The molecule has 1 saturated heterocycles. The summed E-state index contributed by atoms with van der Waals surface area (Å²) in [7, 11) is 0. The molecule has 1 aromatic heterocycles. The summed E-state index contributed by atoms with van der Waals surface area (Å²) in [5.74, 6) is 0.813. The molecule has 2 unspecified atom stereocenters. The molecule has 1 aromatic rings. The van der Waals surface area contributed by atoms with Crippen molar-refractivity contribution in [2.24, 2.45) is 5.92 Å². The highest BCUT2D eigenvalue weighted by molar-refractivity contribution is 7.12. The largest absolute Gasteiger partial charge is 0.352 e. The average Bonchev–Trinajstić information content (AvgIpc) is 2.84. The quantitative estimate of drug-likeness (QED) is 0.887. The third-order valence-electron chi connectivity index (χ3n) is 3.91. The smallest absolute Gasteiger partial charge is 0.221 e. The Morgan fingerprint density at radius 3 is 2.78 bits per heavy atom. The molecule has 1 aliphatic heterocycles. The number of rotatable bonds is 4. The molecular formula is C15H23NOS. The van der Waals surface area contributed by atoms with E-state index in [1.165, 1.54) is 9.75 Å². The standard InChI is InChI=1S/C15H23NOS/c1-5-11-6-7-13(18-11)15(4)9-14(17)16-12(15)8-10(2)3/h6-7,10,12H,5,8-9H2,1-4H3,(H,16,17). The normalized spacial score (nSPS) is 27.8. The van der Waals surface area contributed by atoms with Crippen LogP contribution in [0.3, 0.4) is 0 Å². The molecule has 2 atom stereocenters. The van der Waals surface area contributed by atoms with Gasteiger partial charge in [-0.1, -0.05) is 27.7 Å². The van der Waals surface area contributed by atoms with E-state index in [0.717, 1.165) is 12.8 Å².